The molecule has 6 aromatic carbocycles. The monoisotopic (exact) mass is 773 g/mol. The van der Waals surface area contributed by atoms with Crippen LogP contribution in [0, 0.1) is 12.7 Å². The quantitative estimate of drug-likeness (QED) is 0.142. The van der Waals surface area contributed by atoms with Gasteiger partial charge in [-0.15, -0.1) is 0 Å². The molecule has 0 atom stereocenters. The molecule has 0 spiro atoms. The highest BCUT2D eigenvalue weighted by Crippen LogP contribution is 2.33. The molecule has 0 bridgehead atoms. The van der Waals surface area contributed by atoms with Gasteiger partial charge in [-0.25, -0.2) is 4.39 Å². The minimum atomic E-state index is -0.283. The van der Waals surface area contributed by atoms with E-state index in [1.165, 1.54) is 11.6 Å². The van der Waals surface area contributed by atoms with Crippen molar-refractivity contribution >= 4 is 23.2 Å². The fraction of sp³-hybridized carbons (Fsp3) is 0.240. The Kier molecular flexibility index (Phi) is 11.8. The predicted octanol–water partition coefficient (Wildman–Crippen LogP) is 10.7. The van der Waals surface area contributed by atoms with Crippen LogP contribution in [0.15, 0.2) is 146 Å². The van der Waals surface area contributed by atoms with E-state index >= 15 is 0 Å². The molecule has 0 unspecified atom stereocenters. The van der Waals surface area contributed by atoms with E-state index in [0.29, 0.717) is 42.6 Å². The summed E-state index contributed by atoms with van der Waals surface area (Å²) in [5.74, 6) is 1.59. The summed E-state index contributed by atoms with van der Waals surface area (Å²) in [6.07, 6.45) is 3.58. The molecule has 2 amide bonds. The number of carbonyl (C=O) groups is 2. The van der Waals surface area contributed by atoms with Crippen molar-refractivity contribution in [1.29, 1.82) is 0 Å². The van der Waals surface area contributed by atoms with Gasteiger partial charge in [0.2, 0.25) is 0 Å². The molecule has 58 heavy (non-hydrogen) atoms. The van der Waals surface area contributed by atoms with Crippen molar-refractivity contribution in [2.75, 3.05) is 36.4 Å². The van der Waals surface area contributed by atoms with Gasteiger partial charge in [0.1, 0.15) is 30.0 Å². The average Bonchev–Trinajstić information content (AvgIpc) is 3.28. The number of nitrogens with one attached hydrogen (secondary N) is 1. The zero-order valence-corrected chi connectivity index (χ0v) is 32.8. The van der Waals surface area contributed by atoms with Gasteiger partial charge in [0, 0.05) is 55.8 Å². The Morgan fingerprint density at radius 3 is 1.97 bits per heavy atom. The van der Waals surface area contributed by atoms with Gasteiger partial charge in [-0.3, -0.25) is 9.59 Å². The van der Waals surface area contributed by atoms with Gasteiger partial charge in [-0.05, 0) is 115 Å². The van der Waals surface area contributed by atoms with Crippen LogP contribution in [0.2, 0.25) is 0 Å². The first kappa shape index (κ1) is 38.5. The number of halogens is 1. The maximum Gasteiger partial charge on any atom is 0.255 e. The van der Waals surface area contributed by atoms with E-state index in [4.69, 9.17) is 9.47 Å². The predicted molar refractivity (Wildman–Crippen MR) is 228 cm³/mol. The second kappa shape index (κ2) is 17.8. The highest BCUT2D eigenvalue weighted by Gasteiger charge is 2.25. The Balaban J connectivity index is 0.785. The number of amides is 2. The lowest BCUT2D eigenvalue weighted by atomic mass is 9.89. The number of anilines is 2. The Morgan fingerprint density at radius 1 is 0.672 bits per heavy atom. The topological polar surface area (TPSA) is 71.1 Å². The van der Waals surface area contributed by atoms with E-state index in [1.54, 1.807) is 24.3 Å². The number of carbonyl (C=O) groups excluding carboxylic acids is 2. The minimum absolute atomic E-state index is 0.0743. The summed E-state index contributed by atoms with van der Waals surface area (Å²) in [6, 6.07) is 46.4. The highest BCUT2D eigenvalue weighted by molar-refractivity contribution is 6.04. The first-order chi connectivity index (χ1) is 28.3. The molecule has 2 heterocycles. The van der Waals surface area contributed by atoms with Crippen molar-refractivity contribution in [1.82, 2.24) is 4.90 Å². The fourth-order valence-corrected chi connectivity index (χ4v) is 7.85. The summed E-state index contributed by atoms with van der Waals surface area (Å²) < 4.78 is 27.3. The van der Waals surface area contributed by atoms with Crippen molar-refractivity contribution in [2.24, 2.45) is 0 Å². The third-order valence-electron chi connectivity index (χ3n) is 11.3. The number of aryl methyl sites for hydroxylation is 1. The molecule has 7 nitrogen and oxygen atoms in total. The molecule has 2 fully saturated rings. The third-order valence-corrected chi connectivity index (χ3v) is 11.3. The standard InChI is InChI=1S/C50H48FN3O4/c1-35-7-11-42(12-8-35)50(56)54-31-27-46(28-32-54)58-45-20-9-36(10-21-45)34-57-44-22-17-39(18-23-44)38-13-15-41(16-14-38)49(55)52-43-19-24-47(51)48(33-43)53-29-25-40(26-30-53)37-5-3-2-4-6-37/h2-24,33,40,46H,25-32,34H2,1H3,(H,52,55). The van der Waals surface area contributed by atoms with Crippen molar-refractivity contribution in [3.05, 3.63) is 179 Å². The summed E-state index contributed by atoms with van der Waals surface area (Å²) in [5.41, 5.74) is 7.83. The van der Waals surface area contributed by atoms with Crippen LogP contribution >= 0.6 is 0 Å². The number of nitrogens with zero attached hydrogens (tertiary/aromatic N) is 2. The lowest BCUT2D eigenvalue weighted by molar-refractivity contribution is 0.0595. The highest BCUT2D eigenvalue weighted by atomic mass is 19.1. The fourth-order valence-electron chi connectivity index (χ4n) is 7.85. The molecule has 0 saturated carbocycles. The average molecular weight is 774 g/mol. The minimum Gasteiger partial charge on any atom is -0.490 e. The summed E-state index contributed by atoms with van der Waals surface area (Å²) in [7, 11) is 0. The number of likely N-dealkylation sites (tertiary alicyclic amines) is 1. The molecule has 2 saturated heterocycles. The normalized spacial score (nSPS) is 14.9. The zero-order chi connectivity index (χ0) is 39.8. The largest absolute Gasteiger partial charge is 0.490 e. The number of ether oxygens (including phenoxy) is 2. The second-order valence-corrected chi connectivity index (χ2v) is 15.3. The molecule has 8 rings (SSSR count). The smallest absolute Gasteiger partial charge is 0.255 e. The molecule has 8 heteroatoms. The van der Waals surface area contributed by atoms with Crippen molar-refractivity contribution in [3.8, 4) is 22.6 Å². The van der Waals surface area contributed by atoms with E-state index in [2.05, 4.69) is 34.5 Å². The van der Waals surface area contributed by atoms with Crippen LogP contribution in [0.5, 0.6) is 11.5 Å². The van der Waals surface area contributed by atoms with Crippen LogP contribution < -0.4 is 19.7 Å². The van der Waals surface area contributed by atoms with Crippen LogP contribution in [0.3, 0.4) is 0 Å². The van der Waals surface area contributed by atoms with Gasteiger partial charge in [-0.2, -0.15) is 0 Å². The van der Waals surface area contributed by atoms with E-state index in [-0.39, 0.29) is 23.7 Å². The van der Waals surface area contributed by atoms with Gasteiger partial charge in [0.05, 0.1) is 5.69 Å². The van der Waals surface area contributed by atoms with Gasteiger partial charge in [0.25, 0.3) is 11.8 Å². The van der Waals surface area contributed by atoms with Crippen molar-refractivity contribution in [3.63, 3.8) is 0 Å². The summed E-state index contributed by atoms with van der Waals surface area (Å²) in [4.78, 5) is 30.1. The van der Waals surface area contributed by atoms with Crippen molar-refractivity contribution in [2.45, 2.75) is 51.2 Å². The van der Waals surface area contributed by atoms with Crippen LogP contribution in [-0.4, -0.2) is 49.0 Å². The maximum atomic E-state index is 15.0. The Morgan fingerprint density at radius 2 is 1.29 bits per heavy atom. The zero-order valence-electron chi connectivity index (χ0n) is 32.8. The Hall–Kier alpha value is -6.41. The lowest BCUT2D eigenvalue weighted by Gasteiger charge is -2.34. The van der Waals surface area contributed by atoms with E-state index in [9.17, 15) is 14.0 Å². The molecule has 0 aromatic heterocycles. The molecule has 0 aliphatic carbocycles. The third kappa shape index (κ3) is 9.40. The van der Waals surface area contributed by atoms with Crippen LogP contribution in [0.1, 0.15) is 69.0 Å². The molecule has 1 N–H and O–H groups in total. The molecule has 2 aliphatic heterocycles. The Labute approximate surface area is 340 Å². The molecule has 0 radical (unpaired) electrons. The maximum absolute atomic E-state index is 15.0. The van der Waals surface area contributed by atoms with Gasteiger partial charge >= 0.3 is 0 Å². The second-order valence-electron chi connectivity index (χ2n) is 15.3. The number of hydrogen-bond acceptors (Lipinski definition) is 5. The first-order valence-corrected chi connectivity index (χ1v) is 20.2. The van der Waals surface area contributed by atoms with Crippen LogP contribution in [-0.2, 0) is 6.61 Å². The molecule has 294 valence electrons. The summed E-state index contributed by atoms with van der Waals surface area (Å²) in [5, 5.41) is 2.96. The number of hydrogen-bond donors (Lipinski definition) is 1. The molecular weight excluding hydrogens is 726 g/mol. The SMILES string of the molecule is Cc1ccc(C(=O)N2CCC(Oc3ccc(COc4ccc(-c5ccc(C(=O)Nc6ccc(F)c(N7CCC(c8ccccc8)CC7)c6)cc5)cc4)cc3)CC2)cc1. The number of rotatable bonds is 11. The van der Waals surface area contributed by atoms with Gasteiger partial charge in [0.15, 0.2) is 0 Å². The van der Waals surface area contributed by atoms with E-state index < -0.39 is 0 Å². The van der Waals surface area contributed by atoms with E-state index in [1.807, 2.05) is 103 Å². The molecule has 6 aromatic rings. The summed E-state index contributed by atoms with van der Waals surface area (Å²) in [6.45, 7) is 5.32. The number of benzene rings is 6. The van der Waals surface area contributed by atoms with Crippen LogP contribution in [0.25, 0.3) is 11.1 Å². The Bertz CT molecular complexity index is 2300. The van der Waals surface area contributed by atoms with Crippen LogP contribution in [0.4, 0.5) is 15.8 Å². The van der Waals surface area contributed by atoms with Gasteiger partial charge in [-0.1, -0.05) is 84.4 Å². The molecular formula is C50H48FN3O4. The van der Waals surface area contributed by atoms with E-state index in [0.717, 1.165) is 78.1 Å². The van der Waals surface area contributed by atoms with Gasteiger partial charge < -0.3 is 24.6 Å². The number of piperidine rings is 2. The first-order valence-electron chi connectivity index (χ1n) is 20.2. The van der Waals surface area contributed by atoms with Crippen molar-refractivity contribution < 1.29 is 23.5 Å². The summed E-state index contributed by atoms with van der Waals surface area (Å²) >= 11 is 0. The lowest BCUT2D eigenvalue weighted by Crippen LogP contribution is -2.41. The molecule has 2 aliphatic rings.